The first-order valence-corrected chi connectivity index (χ1v) is 14.3. The van der Waals surface area contributed by atoms with Crippen molar-refractivity contribution in [3.05, 3.63) is 62.6 Å². The van der Waals surface area contributed by atoms with Crippen molar-refractivity contribution in [2.45, 2.75) is 49.7 Å². The van der Waals surface area contributed by atoms with Crippen molar-refractivity contribution in [1.29, 1.82) is 0 Å². The van der Waals surface area contributed by atoms with E-state index in [1.807, 2.05) is 6.07 Å². The van der Waals surface area contributed by atoms with Gasteiger partial charge in [0, 0.05) is 61.6 Å². The van der Waals surface area contributed by atoms with E-state index in [1.54, 1.807) is 26.2 Å². The van der Waals surface area contributed by atoms with Crippen molar-refractivity contribution >= 4 is 52.3 Å². The van der Waals surface area contributed by atoms with Crippen LogP contribution in [-0.4, -0.2) is 85.4 Å². The molecule has 2 aromatic rings. The zero-order valence-corrected chi connectivity index (χ0v) is 24.8. The van der Waals surface area contributed by atoms with E-state index in [4.69, 9.17) is 39.5 Å². The minimum atomic E-state index is -5.29. The van der Waals surface area contributed by atoms with Crippen LogP contribution >= 0.6 is 34.8 Å². The number of carbonyl (C=O) groups excluding carboxylic acids is 2. The summed E-state index contributed by atoms with van der Waals surface area (Å²) < 4.78 is 48.5. The molecule has 0 bridgehead atoms. The number of alkyl halides is 3. The van der Waals surface area contributed by atoms with Crippen LogP contribution in [0.5, 0.6) is 0 Å². The molecule has 2 aliphatic heterocycles. The zero-order valence-electron chi connectivity index (χ0n) is 22.6. The Morgan fingerprint density at radius 3 is 1.93 bits per heavy atom. The summed E-state index contributed by atoms with van der Waals surface area (Å²) >= 11 is 18.1. The quantitative estimate of drug-likeness (QED) is 0.436. The van der Waals surface area contributed by atoms with Crippen LogP contribution < -0.4 is 4.90 Å². The van der Waals surface area contributed by atoms with Gasteiger partial charge in [0.15, 0.2) is 0 Å². The first-order chi connectivity index (χ1) is 19.2. The second-order valence-corrected chi connectivity index (χ2v) is 11.8. The number of hydrogen-bond donors (Lipinski definition) is 1. The fraction of sp³-hybridized carbons (Fsp3) is 0.500. The lowest BCUT2D eigenvalue weighted by atomic mass is 9.90. The SMILES string of the molecule is CN(C)C(=O)c1ccc(N2CCC(OC3CCN(C(=O)[C@](O)(c4cc(Cl)cc(Cl)c4)C(F)(F)F)CC3)CC2)cc1Cl. The van der Waals surface area contributed by atoms with E-state index in [0.717, 1.165) is 35.6 Å². The van der Waals surface area contributed by atoms with Gasteiger partial charge in [-0.1, -0.05) is 34.8 Å². The van der Waals surface area contributed by atoms with Gasteiger partial charge in [0.1, 0.15) is 0 Å². The fourth-order valence-electron chi connectivity index (χ4n) is 5.23. The Morgan fingerprint density at radius 1 is 0.902 bits per heavy atom. The number of piperidine rings is 2. The van der Waals surface area contributed by atoms with Crippen molar-refractivity contribution in [3.63, 3.8) is 0 Å². The Labute approximate surface area is 251 Å². The van der Waals surface area contributed by atoms with E-state index in [0.29, 0.717) is 36.5 Å². The van der Waals surface area contributed by atoms with Crippen molar-refractivity contribution in [2.75, 3.05) is 45.2 Å². The highest BCUT2D eigenvalue weighted by molar-refractivity contribution is 6.35. The number of aliphatic hydroxyl groups is 1. The molecule has 0 radical (unpaired) electrons. The maximum atomic E-state index is 14.1. The summed E-state index contributed by atoms with van der Waals surface area (Å²) in [4.78, 5) is 30.0. The first kappa shape index (κ1) is 31.7. The average Bonchev–Trinajstić information content (AvgIpc) is 2.91. The summed E-state index contributed by atoms with van der Waals surface area (Å²) in [5.74, 6) is -1.63. The molecule has 2 saturated heterocycles. The maximum absolute atomic E-state index is 14.1. The van der Waals surface area contributed by atoms with Gasteiger partial charge in [0.05, 0.1) is 22.8 Å². The van der Waals surface area contributed by atoms with Gasteiger partial charge >= 0.3 is 6.18 Å². The van der Waals surface area contributed by atoms with E-state index < -0.39 is 23.2 Å². The third-order valence-corrected chi connectivity index (χ3v) is 8.26. The van der Waals surface area contributed by atoms with Gasteiger partial charge in [0.2, 0.25) is 0 Å². The van der Waals surface area contributed by atoms with Crippen molar-refractivity contribution in [1.82, 2.24) is 9.80 Å². The van der Waals surface area contributed by atoms with Gasteiger partial charge in [0.25, 0.3) is 17.4 Å². The van der Waals surface area contributed by atoms with Crippen molar-refractivity contribution in [2.24, 2.45) is 0 Å². The first-order valence-electron chi connectivity index (χ1n) is 13.2. The molecule has 2 aliphatic rings. The molecule has 2 fully saturated rings. The van der Waals surface area contributed by atoms with Gasteiger partial charge in [-0.25, -0.2) is 0 Å². The molecular weight excluding hydrogens is 606 g/mol. The Balaban J connectivity index is 1.32. The van der Waals surface area contributed by atoms with Crippen molar-refractivity contribution in [3.8, 4) is 0 Å². The molecule has 0 aliphatic carbocycles. The molecule has 2 amide bonds. The number of hydrogen-bond acceptors (Lipinski definition) is 5. The third-order valence-electron chi connectivity index (χ3n) is 7.51. The normalized spacial score (nSPS) is 18.8. The largest absolute Gasteiger partial charge is 0.430 e. The number of ether oxygens (including phenoxy) is 1. The zero-order chi connectivity index (χ0) is 30.1. The van der Waals surface area contributed by atoms with Crippen LogP contribution in [-0.2, 0) is 15.1 Å². The summed E-state index contributed by atoms with van der Waals surface area (Å²) in [6, 6.07) is 8.39. The molecule has 0 aromatic heterocycles. The van der Waals surface area contributed by atoms with Crippen LogP contribution in [0.4, 0.5) is 18.9 Å². The minimum absolute atomic E-state index is 0.00551. The minimum Gasteiger partial charge on any atom is -0.375 e. The Hall–Kier alpha value is -2.24. The standard InChI is InChI=1S/C28H31Cl3F3N3O4/c1-35(2)25(38)23-4-3-20(16-24(23)31)36-9-5-21(6-10-36)41-22-7-11-37(12-8-22)26(39)27(40,28(32,33)34)17-13-18(29)15-19(30)14-17/h3-4,13-16,21-22,40H,5-12H2,1-2H3/t27-/m1/s1. The molecule has 1 atom stereocenters. The van der Waals surface area contributed by atoms with Gasteiger partial charge in [-0.2, -0.15) is 13.2 Å². The highest BCUT2D eigenvalue weighted by atomic mass is 35.5. The summed E-state index contributed by atoms with van der Waals surface area (Å²) in [5.41, 5.74) is -3.15. The predicted octanol–water partition coefficient (Wildman–Crippen LogP) is 5.78. The molecule has 13 heteroatoms. The lowest BCUT2D eigenvalue weighted by molar-refractivity contribution is -0.262. The average molecular weight is 637 g/mol. The topological polar surface area (TPSA) is 73.3 Å². The Kier molecular flexibility index (Phi) is 9.70. The summed E-state index contributed by atoms with van der Waals surface area (Å²) in [6.45, 7) is 1.43. The fourth-order valence-corrected chi connectivity index (χ4v) is 6.01. The van der Waals surface area contributed by atoms with E-state index in [9.17, 15) is 27.9 Å². The lowest BCUT2D eigenvalue weighted by Gasteiger charge is -2.40. The van der Waals surface area contributed by atoms with E-state index >= 15 is 0 Å². The van der Waals surface area contributed by atoms with E-state index in [-0.39, 0.29) is 41.2 Å². The molecule has 2 aromatic carbocycles. The second-order valence-electron chi connectivity index (χ2n) is 10.5. The highest BCUT2D eigenvalue weighted by Gasteiger charge is 2.62. The van der Waals surface area contributed by atoms with Gasteiger partial charge in [-0.05, 0) is 62.1 Å². The van der Waals surface area contributed by atoms with Crippen molar-refractivity contribution < 1.29 is 32.6 Å². The number of rotatable bonds is 6. The highest BCUT2D eigenvalue weighted by Crippen LogP contribution is 2.42. The van der Waals surface area contributed by atoms with Crippen LogP contribution in [0.2, 0.25) is 15.1 Å². The van der Waals surface area contributed by atoms with Gasteiger partial charge in [-0.3, -0.25) is 9.59 Å². The molecule has 1 N–H and O–H groups in total. The summed E-state index contributed by atoms with van der Waals surface area (Å²) in [6.07, 6.45) is -3.39. The van der Waals surface area contributed by atoms with E-state index in [1.165, 1.54) is 11.0 Å². The third kappa shape index (κ3) is 6.88. The second kappa shape index (κ2) is 12.6. The Morgan fingerprint density at radius 2 is 1.44 bits per heavy atom. The lowest BCUT2D eigenvalue weighted by Crippen LogP contribution is -2.57. The number of likely N-dealkylation sites (tertiary alicyclic amines) is 1. The molecule has 2 heterocycles. The van der Waals surface area contributed by atoms with Crippen LogP contribution in [0.1, 0.15) is 41.6 Å². The number of anilines is 1. The molecular formula is C28H31Cl3F3N3O4. The van der Waals surface area contributed by atoms with Gasteiger partial charge in [-0.15, -0.1) is 0 Å². The molecule has 224 valence electrons. The summed E-state index contributed by atoms with van der Waals surface area (Å²) in [7, 11) is 3.33. The number of amides is 2. The summed E-state index contributed by atoms with van der Waals surface area (Å²) in [5, 5.41) is 10.9. The number of halogens is 6. The molecule has 0 unspecified atom stereocenters. The van der Waals surface area contributed by atoms with Gasteiger partial charge < -0.3 is 24.5 Å². The van der Waals surface area contributed by atoms with Crippen LogP contribution in [0.15, 0.2) is 36.4 Å². The monoisotopic (exact) mass is 635 g/mol. The number of carbonyl (C=O) groups is 2. The Bertz CT molecular complexity index is 1260. The molecule has 41 heavy (non-hydrogen) atoms. The number of nitrogens with zero attached hydrogens (tertiary/aromatic N) is 3. The van der Waals surface area contributed by atoms with Crippen LogP contribution in [0.3, 0.4) is 0 Å². The number of benzene rings is 2. The molecule has 0 spiro atoms. The molecule has 0 saturated carbocycles. The maximum Gasteiger partial charge on any atom is 0.430 e. The van der Waals surface area contributed by atoms with Crippen LogP contribution in [0.25, 0.3) is 0 Å². The molecule has 7 nitrogen and oxygen atoms in total. The molecule has 4 rings (SSSR count). The van der Waals surface area contributed by atoms with E-state index in [2.05, 4.69) is 4.90 Å². The smallest absolute Gasteiger partial charge is 0.375 e. The van der Waals surface area contributed by atoms with Crippen LogP contribution in [0, 0.1) is 0 Å². The predicted molar refractivity (Wildman–Crippen MR) is 152 cm³/mol.